The van der Waals surface area contributed by atoms with E-state index in [0.717, 1.165) is 43.1 Å². The van der Waals surface area contributed by atoms with Gasteiger partial charge < -0.3 is 19.1 Å². The van der Waals surface area contributed by atoms with Crippen molar-refractivity contribution in [1.29, 1.82) is 0 Å². The lowest BCUT2D eigenvalue weighted by atomic mass is 9.97. The number of carbonyl (C=O) groups excluding carboxylic acids is 1. The standard InChI is InChI=1S/C23H27N3O4/c1-16(27)26-23(18-12-20(28-2)14-21(13-18)29-3)15-22(24-26)17-4-6-19(7-5-17)25-8-10-30-11-9-25/h4-7,12-14,23H,8-11,15H2,1-3H3. The summed E-state index contributed by atoms with van der Waals surface area (Å²) in [5.74, 6) is 1.29. The van der Waals surface area contributed by atoms with E-state index in [9.17, 15) is 4.79 Å². The molecule has 1 atom stereocenters. The maximum absolute atomic E-state index is 12.3. The normalized spacial score (nSPS) is 18.9. The van der Waals surface area contributed by atoms with Crippen molar-refractivity contribution < 1.29 is 19.0 Å². The summed E-state index contributed by atoms with van der Waals surface area (Å²) in [7, 11) is 3.24. The maximum atomic E-state index is 12.3. The van der Waals surface area contributed by atoms with Crippen LogP contribution >= 0.6 is 0 Å². The molecule has 158 valence electrons. The van der Waals surface area contributed by atoms with Crippen LogP contribution in [0.4, 0.5) is 5.69 Å². The van der Waals surface area contributed by atoms with E-state index in [0.29, 0.717) is 17.9 Å². The van der Waals surface area contributed by atoms with Crippen LogP contribution in [0.15, 0.2) is 47.6 Å². The van der Waals surface area contributed by atoms with Crippen molar-refractivity contribution in [1.82, 2.24) is 5.01 Å². The summed E-state index contributed by atoms with van der Waals surface area (Å²) in [6.07, 6.45) is 0.632. The van der Waals surface area contributed by atoms with Crippen LogP contribution in [0, 0.1) is 0 Å². The van der Waals surface area contributed by atoms with Gasteiger partial charge in [0.15, 0.2) is 0 Å². The zero-order valence-corrected chi connectivity index (χ0v) is 17.6. The van der Waals surface area contributed by atoms with Crippen molar-refractivity contribution in [2.45, 2.75) is 19.4 Å². The van der Waals surface area contributed by atoms with E-state index in [4.69, 9.17) is 14.2 Å². The molecule has 30 heavy (non-hydrogen) atoms. The van der Waals surface area contributed by atoms with Crippen LogP contribution in [0.25, 0.3) is 0 Å². The zero-order chi connectivity index (χ0) is 21.1. The summed E-state index contributed by atoms with van der Waals surface area (Å²) in [5.41, 5.74) is 4.03. The third kappa shape index (κ3) is 4.11. The lowest BCUT2D eigenvalue weighted by Gasteiger charge is -2.28. The number of morpholine rings is 1. The molecule has 7 heteroatoms. The predicted octanol–water partition coefficient (Wildman–Crippen LogP) is 3.24. The maximum Gasteiger partial charge on any atom is 0.240 e. The fourth-order valence-electron chi connectivity index (χ4n) is 3.94. The van der Waals surface area contributed by atoms with Gasteiger partial charge in [-0.25, -0.2) is 5.01 Å². The average molecular weight is 409 g/mol. The number of carbonyl (C=O) groups is 1. The Hall–Kier alpha value is -3.06. The minimum absolute atomic E-state index is 0.0956. The molecule has 0 saturated carbocycles. The fraction of sp³-hybridized carbons (Fsp3) is 0.391. The Labute approximate surface area is 176 Å². The molecule has 1 amide bonds. The Morgan fingerprint density at radius 3 is 2.23 bits per heavy atom. The quantitative estimate of drug-likeness (QED) is 0.759. The molecule has 2 aliphatic rings. The van der Waals surface area contributed by atoms with E-state index < -0.39 is 0 Å². The number of benzene rings is 2. The Bertz CT molecular complexity index is 914. The summed E-state index contributed by atoms with van der Waals surface area (Å²) >= 11 is 0. The molecule has 0 spiro atoms. The second kappa shape index (κ2) is 8.75. The first kappa shape index (κ1) is 20.2. The van der Waals surface area contributed by atoms with Crippen LogP contribution < -0.4 is 14.4 Å². The number of hydrogen-bond donors (Lipinski definition) is 0. The minimum atomic E-state index is -0.194. The van der Waals surface area contributed by atoms with Gasteiger partial charge in [-0.05, 0) is 35.4 Å². The SMILES string of the molecule is COc1cc(OC)cc(C2CC(c3ccc(N4CCOCC4)cc3)=NN2C(C)=O)c1. The second-order valence-corrected chi connectivity index (χ2v) is 7.42. The first-order chi connectivity index (χ1) is 14.6. The number of anilines is 1. The predicted molar refractivity (Wildman–Crippen MR) is 115 cm³/mol. The molecule has 1 unspecified atom stereocenters. The lowest BCUT2D eigenvalue weighted by molar-refractivity contribution is -0.130. The van der Waals surface area contributed by atoms with Gasteiger partial charge in [0.2, 0.25) is 5.91 Å². The molecule has 0 aromatic heterocycles. The van der Waals surface area contributed by atoms with Gasteiger partial charge in [0.05, 0.1) is 39.2 Å². The summed E-state index contributed by atoms with van der Waals surface area (Å²) in [4.78, 5) is 14.6. The van der Waals surface area contributed by atoms with Crippen LogP contribution in [0.3, 0.4) is 0 Å². The number of methoxy groups -OCH3 is 2. The molecule has 7 nitrogen and oxygen atoms in total. The molecule has 2 heterocycles. The van der Waals surface area contributed by atoms with E-state index in [1.165, 1.54) is 5.69 Å². The number of amides is 1. The van der Waals surface area contributed by atoms with Crippen LogP contribution in [0.1, 0.15) is 30.5 Å². The Morgan fingerprint density at radius 1 is 1.03 bits per heavy atom. The highest BCUT2D eigenvalue weighted by molar-refractivity contribution is 6.03. The van der Waals surface area contributed by atoms with Gasteiger partial charge >= 0.3 is 0 Å². The van der Waals surface area contributed by atoms with Gasteiger partial charge in [-0.3, -0.25) is 4.79 Å². The van der Waals surface area contributed by atoms with Crippen molar-refractivity contribution in [3.05, 3.63) is 53.6 Å². The highest BCUT2D eigenvalue weighted by atomic mass is 16.5. The van der Waals surface area contributed by atoms with Crippen LogP contribution in [-0.2, 0) is 9.53 Å². The number of nitrogens with zero attached hydrogens (tertiary/aromatic N) is 3. The van der Waals surface area contributed by atoms with Crippen molar-refractivity contribution >= 4 is 17.3 Å². The largest absolute Gasteiger partial charge is 0.497 e. The Morgan fingerprint density at radius 2 is 1.67 bits per heavy atom. The Kier molecular flexibility index (Phi) is 5.90. The van der Waals surface area contributed by atoms with Crippen molar-refractivity contribution in [3.8, 4) is 11.5 Å². The Balaban J connectivity index is 1.58. The van der Waals surface area contributed by atoms with Gasteiger partial charge in [0.1, 0.15) is 11.5 Å². The van der Waals surface area contributed by atoms with Crippen molar-refractivity contribution in [2.75, 3.05) is 45.4 Å². The number of rotatable bonds is 5. The summed E-state index contributed by atoms with van der Waals surface area (Å²) < 4.78 is 16.2. The third-order valence-electron chi connectivity index (χ3n) is 5.57. The van der Waals surface area contributed by atoms with E-state index in [1.54, 1.807) is 26.2 Å². The van der Waals surface area contributed by atoms with Crippen LogP contribution in [-0.4, -0.2) is 57.2 Å². The number of hydrazone groups is 1. The topological polar surface area (TPSA) is 63.6 Å². The van der Waals surface area contributed by atoms with Gasteiger partial charge in [-0.1, -0.05) is 12.1 Å². The molecule has 0 radical (unpaired) electrons. The van der Waals surface area contributed by atoms with E-state index >= 15 is 0 Å². The lowest BCUT2D eigenvalue weighted by Crippen LogP contribution is -2.36. The number of ether oxygens (including phenoxy) is 3. The molecular weight excluding hydrogens is 382 g/mol. The molecule has 2 aromatic rings. The third-order valence-corrected chi connectivity index (χ3v) is 5.57. The second-order valence-electron chi connectivity index (χ2n) is 7.42. The molecule has 4 rings (SSSR count). The highest BCUT2D eigenvalue weighted by Crippen LogP contribution is 2.36. The van der Waals surface area contributed by atoms with Crippen LogP contribution in [0.5, 0.6) is 11.5 Å². The highest BCUT2D eigenvalue weighted by Gasteiger charge is 2.32. The summed E-state index contributed by atoms with van der Waals surface area (Å²) in [5, 5.41) is 6.21. The number of hydrogen-bond acceptors (Lipinski definition) is 6. The smallest absolute Gasteiger partial charge is 0.240 e. The van der Waals surface area contributed by atoms with E-state index in [2.05, 4.69) is 34.3 Å². The first-order valence-corrected chi connectivity index (χ1v) is 10.1. The molecule has 2 aromatic carbocycles. The van der Waals surface area contributed by atoms with Crippen molar-refractivity contribution in [2.24, 2.45) is 5.10 Å². The molecule has 0 bridgehead atoms. The minimum Gasteiger partial charge on any atom is -0.497 e. The molecule has 2 aliphatic heterocycles. The molecular formula is C23H27N3O4. The van der Waals surface area contributed by atoms with Crippen molar-refractivity contribution in [3.63, 3.8) is 0 Å². The summed E-state index contributed by atoms with van der Waals surface area (Å²) in [6, 6.07) is 13.9. The van der Waals surface area contributed by atoms with Crippen LogP contribution in [0.2, 0.25) is 0 Å². The first-order valence-electron chi connectivity index (χ1n) is 10.1. The van der Waals surface area contributed by atoms with E-state index in [-0.39, 0.29) is 11.9 Å². The van der Waals surface area contributed by atoms with Gasteiger partial charge in [-0.2, -0.15) is 5.10 Å². The molecule has 0 aliphatic carbocycles. The average Bonchev–Trinajstić information content (AvgIpc) is 3.25. The molecule has 1 fully saturated rings. The monoisotopic (exact) mass is 409 g/mol. The van der Waals surface area contributed by atoms with Gasteiger partial charge in [0, 0.05) is 38.2 Å². The molecule has 1 saturated heterocycles. The summed E-state index contributed by atoms with van der Waals surface area (Å²) in [6.45, 7) is 4.86. The zero-order valence-electron chi connectivity index (χ0n) is 17.6. The van der Waals surface area contributed by atoms with Gasteiger partial charge in [-0.15, -0.1) is 0 Å². The molecule has 0 N–H and O–H groups in total. The van der Waals surface area contributed by atoms with E-state index in [1.807, 2.05) is 18.2 Å². The van der Waals surface area contributed by atoms with Gasteiger partial charge in [0.25, 0.3) is 0 Å². The fourth-order valence-corrected chi connectivity index (χ4v) is 3.94.